The Morgan fingerprint density at radius 3 is 2.54 bits per heavy atom. The molecule has 0 amide bonds. The van der Waals surface area contributed by atoms with Gasteiger partial charge in [0, 0.05) is 18.1 Å². The summed E-state index contributed by atoms with van der Waals surface area (Å²) in [5.74, 6) is 1.21. The number of hydrogen-bond acceptors (Lipinski definition) is 7. The minimum absolute atomic E-state index is 0.151. The van der Waals surface area contributed by atoms with Crippen LogP contribution in [0.5, 0.6) is 17.2 Å². The first-order chi connectivity index (χ1) is 19.0. The Morgan fingerprint density at radius 2 is 1.74 bits per heavy atom. The summed E-state index contributed by atoms with van der Waals surface area (Å²) in [5, 5.41) is 0. The molecule has 1 atom stereocenters. The lowest BCUT2D eigenvalue weighted by molar-refractivity contribution is -0.131. The van der Waals surface area contributed by atoms with Crippen LogP contribution in [0.3, 0.4) is 0 Å². The number of fused-ring (bicyclic) bond motifs is 3. The molecule has 39 heavy (non-hydrogen) atoms. The second-order valence-electron chi connectivity index (χ2n) is 9.36. The van der Waals surface area contributed by atoms with E-state index in [0.29, 0.717) is 32.1 Å². The van der Waals surface area contributed by atoms with E-state index in [1.807, 2.05) is 42.5 Å². The van der Waals surface area contributed by atoms with Crippen molar-refractivity contribution in [3.63, 3.8) is 0 Å². The molecule has 7 nitrogen and oxygen atoms in total. The first-order valence-electron chi connectivity index (χ1n) is 12.6. The molecule has 2 heterocycles. The van der Waals surface area contributed by atoms with Gasteiger partial charge in [-0.05, 0) is 53.8 Å². The highest BCUT2D eigenvalue weighted by Crippen LogP contribution is 2.42. The van der Waals surface area contributed by atoms with Gasteiger partial charge in [-0.2, -0.15) is 0 Å². The van der Waals surface area contributed by atoms with Crippen molar-refractivity contribution in [2.45, 2.75) is 25.8 Å². The van der Waals surface area contributed by atoms with Crippen LogP contribution in [0.4, 0.5) is 0 Å². The van der Waals surface area contributed by atoms with Gasteiger partial charge in [0.15, 0.2) is 16.3 Å². The van der Waals surface area contributed by atoms with Crippen LogP contribution in [0.2, 0.25) is 0 Å². The number of methoxy groups -OCH3 is 2. The number of ether oxygens (including phenoxy) is 3. The van der Waals surface area contributed by atoms with E-state index in [0.717, 1.165) is 35.2 Å². The molecule has 1 aliphatic heterocycles. The van der Waals surface area contributed by atoms with Crippen LogP contribution in [-0.4, -0.2) is 24.8 Å². The molecule has 1 aromatic heterocycles. The fraction of sp³-hybridized carbons (Fsp3) is 0.194. The number of aromatic nitrogens is 1. The van der Waals surface area contributed by atoms with E-state index in [1.54, 1.807) is 37.0 Å². The van der Waals surface area contributed by atoms with Gasteiger partial charge in [0.1, 0.15) is 5.75 Å². The second-order valence-corrected chi connectivity index (χ2v) is 10.4. The number of hydrogen-bond donors (Lipinski definition) is 0. The van der Waals surface area contributed by atoms with E-state index < -0.39 is 5.97 Å². The predicted octanol–water partition coefficient (Wildman–Crippen LogP) is 4.26. The third-order valence-electron chi connectivity index (χ3n) is 7.06. The lowest BCUT2D eigenvalue weighted by Crippen LogP contribution is -2.38. The molecule has 0 saturated carbocycles. The number of carbonyl (C=O) groups is 1. The quantitative estimate of drug-likeness (QED) is 0.280. The minimum atomic E-state index is -0.419. The fourth-order valence-electron chi connectivity index (χ4n) is 5.33. The molecule has 0 fully saturated rings. The number of benzene rings is 3. The first kappa shape index (κ1) is 24.9. The van der Waals surface area contributed by atoms with Crippen molar-refractivity contribution >= 4 is 29.1 Å². The van der Waals surface area contributed by atoms with Gasteiger partial charge in [-0.25, -0.2) is 4.99 Å². The summed E-state index contributed by atoms with van der Waals surface area (Å²) in [5.41, 5.74) is 5.78. The Morgan fingerprint density at radius 1 is 0.974 bits per heavy atom. The van der Waals surface area contributed by atoms with Gasteiger partial charge in [-0.1, -0.05) is 59.9 Å². The van der Waals surface area contributed by atoms with Gasteiger partial charge in [-0.15, -0.1) is 0 Å². The molecule has 0 radical (unpaired) electrons. The van der Waals surface area contributed by atoms with Crippen LogP contribution in [0.1, 0.15) is 41.6 Å². The second kappa shape index (κ2) is 10.0. The average molecular weight is 539 g/mol. The van der Waals surface area contributed by atoms with Crippen LogP contribution in [0, 0.1) is 0 Å². The van der Waals surface area contributed by atoms with Gasteiger partial charge < -0.3 is 14.2 Å². The molecule has 4 aromatic rings. The number of thiazole rings is 1. The van der Waals surface area contributed by atoms with Crippen molar-refractivity contribution in [2.75, 3.05) is 14.2 Å². The maximum Gasteiger partial charge on any atom is 0.308 e. The summed E-state index contributed by atoms with van der Waals surface area (Å²) in [7, 11) is 3.21. The van der Waals surface area contributed by atoms with Gasteiger partial charge in [0.05, 0.1) is 30.5 Å². The van der Waals surface area contributed by atoms with Crippen LogP contribution in [-0.2, 0) is 11.2 Å². The van der Waals surface area contributed by atoms with Gasteiger partial charge in [-0.3, -0.25) is 14.2 Å². The van der Waals surface area contributed by atoms with Crippen molar-refractivity contribution in [3.05, 3.63) is 114 Å². The van der Waals surface area contributed by atoms with Crippen LogP contribution >= 0.6 is 11.3 Å². The summed E-state index contributed by atoms with van der Waals surface area (Å²) in [6, 6.07) is 20.9. The molecule has 0 bridgehead atoms. The number of esters is 1. The molecule has 0 N–H and O–H groups in total. The zero-order valence-electron chi connectivity index (χ0n) is 21.8. The lowest BCUT2D eigenvalue weighted by atomic mass is 9.83. The maximum atomic E-state index is 14.0. The molecule has 6 rings (SSSR count). The highest BCUT2D eigenvalue weighted by molar-refractivity contribution is 7.07. The van der Waals surface area contributed by atoms with Gasteiger partial charge in [0.2, 0.25) is 0 Å². The standard InChI is InChI=1S/C31H26N2O5S/c1-18(34)38-24-11-7-5-9-20(24)17-27-30(35)33-29(21-13-15-25(36-2)26(16-21)37-3)23-14-12-19-8-4-6-10-22(19)28(23)32-31(33)39-27/h4-11,13,15-17,29H,12,14H2,1-3H3/b27-17+/t29-/m0/s1. The van der Waals surface area contributed by atoms with Gasteiger partial charge >= 0.3 is 5.97 Å². The number of carbonyl (C=O) groups excluding carboxylic acids is 1. The SMILES string of the molecule is COc1ccc([C@H]2C3=C(N=c4s/c(=C/c5ccccc5OC(C)=O)c(=O)n42)c2ccccc2CC3)cc1OC. The summed E-state index contributed by atoms with van der Waals surface area (Å²) >= 11 is 1.33. The number of allylic oxidation sites excluding steroid dienone is 1. The first-order valence-corrected chi connectivity index (χ1v) is 13.4. The smallest absolute Gasteiger partial charge is 0.308 e. The maximum absolute atomic E-state index is 14.0. The summed E-state index contributed by atoms with van der Waals surface area (Å²) in [6.07, 6.45) is 3.42. The zero-order chi connectivity index (χ0) is 27.1. The Hall–Kier alpha value is -4.43. The molecule has 3 aromatic carbocycles. The van der Waals surface area contributed by atoms with E-state index in [4.69, 9.17) is 19.2 Å². The largest absolute Gasteiger partial charge is 0.493 e. The van der Waals surface area contributed by atoms with E-state index in [2.05, 4.69) is 12.1 Å². The Kier molecular flexibility index (Phi) is 6.40. The molecule has 0 spiro atoms. The number of rotatable bonds is 5. The normalized spacial score (nSPS) is 16.1. The molecular formula is C31H26N2O5S. The average Bonchev–Trinajstić information content (AvgIpc) is 3.26. The molecule has 0 saturated heterocycles. The molecule has 196 valence electrons. The van der Waals surface area contributed by atoms with Crippen LogP contribution < -0.4 is 29.1 Å². The summed E-state index contributed by atoms with van der Waals surface area (Å²) in [4.78, 5) is 31.3. The van der Waals surface area contributed by atoms with Crippen molar-refractivity contribution in [1.29, 1.82) is 0 Å². The van der Waals surface area contributed by atoms with Gasteiger partial charge in [0.25, 0.3) is 5.56 Å². The van der Waals surface area contributed by atoms with Crippen molar-refractivity contribution in [1.82, 2.24) is 4.57 Å². The molecule has 2 aliphatic rings. The Balaban J connectivity index is 1.60. The molecule has 8 heteroatoms. The van der Waals surface area contributed by atoms with Crippen LogP contribution in [0.15, 0.2) is 82.1 Å². The van der Waals surface area contributed by atoms with Crippen molar-refractivity contribution < 1.29 is 19.0 Å². The third-order valence-corrected chi connectivity index (χ3v) is 8.04. The Bertz CT molecular complexity index is 1830. The lowest BCUT2D eigenvalue weighted by Gasteiger charge is -2.31. The van der Waals surface area contributed by atoms with Crippen molar-refractivity contribution in [3.8, 4) is 17.2 Å². The third kappa shape index (κ3) is 4.36. The topological polar surface area (TPSA) is 79.1 Å². The van der Waals surface area contributed by atoms with Crippen molar-refractivity contribution in [2.24, 2.45) is 4.99 Å². The monoisotopic (exact) mass is 538 g/mol. The molecular weight excluding hydrogens is 512 g/mol. The minimum Gasteiger partial charge on any atom is -0.493 e. The number of para-hydroxylation sites is 1. The molecule has 0 unspecified atom stereocenters. The van der Waals surface area contributed by atoms with E-state index >= 15 is 0 Å². The molecule has 1 aliphatic carbocycles. The van der Waals surface area contributed by atoms with E-state index in [9.17, 15) is 9.59 Å². The summed E-state index contributed by atoms with van der Waals surface area (Å²) < 4.78 is 18.7. The zero-order valence-corrected chi connectivity index (χ0v) is 22.6. The fourth-order valence-corrected chi connectivity index (χ4v) is 6.33. The van der Waals surface area contributed by atoms with E-state index in [-0.39, 0.29) is 11.6 Å². The van der Waals surface area contributed by atoms with Crippen LogP contribution in [0.25, 0.3) is 11.8 Å². The highest BCUT2D eigenvalue weighted by atomic mass is 32.1. The Labute approximate surface area is 228 Å². The predicted molar refractivity (Wildman–Crippen MR) is 150 cm³/mol. The highest BCUT2D eigenvalue weighted by Gasteiger charge is 2.33. The number of nitrogens with zero attached hydrogens (tertiary/aromatic N) is 2. The summed E-state index contributed by atoms with van der Waals surface area (Å²) in [6.45, 7) is 1.36. The van der Waals surface area contributed by atoms with E-state index in [1.165, 1.54) is 23.8 Å². The number of aryl methyl sites for hydroxylation is 1.